The van der Waals surface area contributed by atoms with Gasteiger partial charge in [-0.2, -0.15) is 0 Å². The molecule has 1 N–H and O–H groups in total. The van der Waals surface area contributed by atoms with Gasteiger partial charge in [0.25, 0.3) is 5.91 Å². The number of nitrogens with zero attached hydrogens (tertiary/aromatic N) is 1. The van der Waals surface area contributed by atoms with E-state index in [0.717, 1.165) is 0 Å². The van der Waals surface area contributed by atoms with Crippen molar-refractivity contribution in [3.63, 3.8) is 0 Å². The van der Waals surface area contributed by atoms with Crippen LogP contribution in [0.3, 0.4) is 0 Å². The van der Waals surface area contributed by atoms with Crippen LogP contribution in [0.25, 0.3) is 0 Å². The van der Waals surface area contributed by atoms with E-state index < -0.39 is 5.91 Å². The lowest BCUT2D eigenvalue weighted by Gasteiger charge is -2.13. The van der Waals surface area contributed by atoms with Crippen LogP contribution in [0.5, 0.6) is 11.5 Å². The molecule has 0 radical (unpaired) electrons. The number of amides is 1. The molecule has 0 spiro atoms. The zero-order valence-corrected chi connectivity index (χ0v) is 13.1. The molecule has 1 heterocycles. The van der Waals surface area contributed by atoms with E-state index >= 15 is 0 Å². The van der Waals surface area contributed by atoms with E-state index in [0.29, 0.717) is 16.5 Å². The number of methoxy groups -OCH3 is 2. The van der Waals surface area contributed by atoms with Crippen LogP contribution in [0.2, 0.25) is 5.02 Å². The van der Waals surface area contributed by atoms with Crippen molar-refractivity contribution in [1.29, 1.82) is 0 Å². The lowest BCUT2D eigenvalue weighted by atomic mass is 10.2. The van der Waals surface area contributed by atoms with E-state index in [9.17, 15) is 9.59 Å². The maximum atomic E-state index is 12.4. The average molecular weight is 323 g/mol. The van der Waals surface area contributed by atoms with Gasteiger partial charge in [0.2, 0.25) is 5.43 Å². The fourth-order valence-corrected chi connectivity index (χ4v) is 2.12. The van der Waals surface area contributed by atoms with E-state index in [1.165, 1.54) is 31.0 Å². The van der Waals surface area contributed by atoms with Gasteiger partial charge in [0.05, 0.1) is 26.1 Å². The quantitative estimate of drug-likeness (QED) is 0.937. The number of anilines is 1. The Hall–Kier alpha value is -2.47. The van der Waals surface area contributed by atoms with Crippen molar-refractivity contribution in [3.05, 3.63) is 51.4 Å². The van der Waals surface area contributed by atoms with E-state index in [1.807, 2.05) is 0 Å². The molecule has 0 fully saturated rings. The first kappa shape index (κ1) is 15.9. The van der Waals surface area contributed by atoms with Gasteiger partial charge in [-0.05, 0) is 18.2 Å². The van der Waals surface area contributed by atoms with Crippen LogP contribution in [-0.2, 0) is 7.05 Å². The Morgan fingerprint density at radius 3 is 2.50 bits per heavy atom. The number of hydrogen-bond acceptors (Lipinski definition) is 4. The molecule has 2 aromatic rings. The van der Waals surface area contributed by atoms with Crippen LogP contribution in [-0.4, -0.2) is 24.7 Å². The minimum Gasteiger partial charge on any atom is -0.495 e. The van der Waals surface area contributed by atoms with Gasteiger partial charge in [-0.25, -0.2) is 0 Å². The molecule has 0 unspecified atom stereocenters. The third-order valence-corrected chi connectivity index (χ3v) is 3.30. The van der Waals surface area contributed by atoms with Crippen molar-refractivity contribution in [2.24, 2.45) is 7.05 Å². The summed E-state index contributed by atoms with van der Waals surface area (Å²) in [5.74, 6) is 0.179. The highest BCUT2D eigenvalue weighted by Gasteiger charge is 2.14. The molecule has 0 saturated carbocycles. The minimum atomic E-state index is -0.456. The average Bonchev–Trinajstić information content (AvgIpc) is 2.49. The maximum Gasteiger partial charge on any atom is 0.272 e. The van der Waals surface area contributed by atoms with Gasteiger partial charge in [0.15, 0.2) is 5.75 Å². The number of aromatic nitrogens is 1. The zero-order valence-electron chi connectivity index (χ0n) is 12.3. The molecule has 0 aliphatic rings. The Morgan fingerprint density at radius 1 is 1.18 bits per heavy atom. The maximum absolute atomic E-state index is 12.4. The Labute approximate surface area is 132 Å². The first-order valence-electron chi connectivity index (χ1n) is 6.36. The number of carbonyl (C=O) groups excluding carboxylic acids is 1. The monoisotopic (exact) mass is 322 g/mol. The van der Waals surface area contributed by atoms with Gasteiger partial charge in [0.1, 0.15) is 11.4 Å². The number of nitrogens with one attached hydrogen (secondary N) is 1. The molecular weight excluding hydrogens is 308 g/mol. The molecule has 0 saturated heterocycles. The smallest absolute Gasteiger partial charge is 0.272 e. The molecule has 2 rings (SSSR count). The molecule has 22 heavy (non-hydrogen) atoms. The van der Waals surface area contributed by atoms with Crippen molar-refractivity contribution in [2.75, 3.05) is 19.5 Å². The van der Waals surface area contributed by atoms with Crippen LogP contribution < -0.4 is 20.2 Å². The van der Waals surface area contributed by atoms with E-state index in [4.69, 9.17) is 21.1 Å². The molecule has 116 valence electrons. The molecule has 0 aliphatic carbocycles. The number of benzene rings is 1. The molecule has 6 nitrogen and oxygen atoms in total. The van der Waals surface area contributed by atoms with Gasteiger partial charge in [-0.1, -0.05) is 11.6 Å². The fraction of sp³-hybridized carbons (Fsp3) is 0.200. The molecule has 1 amide bonds. The Kier molecular flexibility index (Phi) is 4.72. The molecule has 1 aromatic heterocycles. The molecular formula is C15H15ClN2O4. The van der Waals surface area contributed by atoms with Crippen molar-refractivity contribution in [2.45, 2.75) is 0 Å². The SMILES string of the molecule is COc1ccc(Cl)cc1NC(=O)c1cc(=O)c(OC)cn1C. The second-order valence-electron chi connectivity index (χ2n) is 4.50. The van der Waals surface area contributed by atoms with Crippen LogP contribution in [0.15, 0.2) is 35.3 Å². The molecule has 0 bridgehead atoms. The van der Waals surface area contributed by atoms with Crippen molar-refractivity contribution >= 4 is 23.2 Å². The highest BCUT2D eigenvalue weighted by Crippen LogP contribution is 2.28. The van der Waals surface area contributed by atoms with E-state index in [1.54, 1.807) is 25.2 Å². The van der Waals surface area contributed by atoms with Crippen molar-refractivity contribution < 1.29 is 14.3 Å². The second-order valence-corrected chi connectivity index (χ2v) is 4.94. The van der Waals surface area contributed by atoms with Crippen LogP contribution >= 0.6 is 11.6 Å². The number of ether oxygens (including phenoxy) is 2. The number of carbonyl (C=O) groups is 1. The first-order chi connectivity index (χ1) is 10.5. The second kappa shape index (κ2) is 6.53. The Bertz CT molecular complexity index is 771. The van der Waals surface area contributed by atoms with Crippen LogP contribution in [0.4, 0.5) is 5.69 Å². The third-order valence-electron chi connectivity index (χ3n) is 3.06. The van der Waals surface area contributed by atoms with Gasteiger partial charge >= 0.3 is 0 Å². The minimum absolute atomic E-state index is 0.166. The predicted octanol–water partition coefficient (Wildman–Crippen LogP) is 2.31. The van der Waals surface area contributed by atoms with Crippen LogP contribution in [0, 0.1) is 0 Å². The summed E-state index contributed by atoms with van der Waals surface area (Å²) in [4.78, 5) is 24.1. The first-order valence-corrected chi connectivity index (χ1v) is 6.73. The number of pyridine rings is 1. The zero-order chi connectivity index (χ0) is 16.3. The fourth-order valence-electron chi connectivity index (χ4n) is 1.95. The largest absolute Gasteiger partial charge is 0.495 e. The molecule has 1 aromatic carbocycles. The number of rotatable bonds is 4. The molecule has 7 heteroatoms. The number of aryl methyl sites for hydroxylation is 1. The van der Waals surface area contributed by atoms with Gasteiger partial charge in [0, 0.05) is 18.1 Å². The van der Waals surface area contributed by atoms with Crippen molar-refractivity contribution in [3.8, 4) is 11.5 Å². The lowest BCUT2D eigenvalue weighted by molar-refractivity contribution is 0.101. The summed E-state index contributed by atoms with van der Waals surface area (Å²) < 4.78 is 11.6. The standard InChI is InChI=1S/C15H15ClN2O4/c1-18-8-14(22-3)12(19)7-11(18)15(20)17-10-6-9(16)4-5-13(10)21-2/h4-8H,1-3H3,(H,17,20). The van der Waals surface area contributed by atoms with Gasteiger partial charge < -0.3 is 19.4 Å². The molecule has 0 aliphatic heterocycles. The number of hydrogen-bond donors (Lipinski definition) is 1. The summed E-state index contributed by atoms with van der Waals surface area (Å²) in [6.07, 6.45) is 1.45. The summed E-state index contributed by atoms with van der Waals surface area (Å²) in [5.41, 5.74) is 0.236. The summed E-state index contributed by atoms with van der Waals surface area (Å²) in [6.45, 7) is 0. The predicted molar refractivity (Wildman–Crippen MR) is 84.2 cm³/mol. The van der Waals surface area contributed by atoms with E-state index in [2.05, 4.69) is 5.32 Å². The van der Waals surface area contributed by atoms with Gasteiger partial charge in [-0.15, -0.1) is 0 Å². The Balaban J connectivity index is 2.36. The topological polar surface area (TPSA) is 69.6 Å². The highest BCUT2D eigenvalue weighted by molar-refractivity contribution is 6.31. The van der Waals surface area contributed by atoms with Gasteiger partial charge in [-0.3, -0.25) is 9.59 Å². The lowest BCUT2D eigenvalue weighted by Crippen LogP contribution is -2.21. The third kappa shape index (κ3) is 3.23. The van der Waals surface area contributed by atoms with Crippen molar-refractivity contribution in [1.82, 2.24) is 4.57 Å². The highest BCUT2D eigenvalue weighted by atomic mass is 35.5. The molecule has 0 atom stereocenters. The van der Waals surface area contributed by atoms with E-state index in [-0.39, 0.29) is 16.9 Å². The summed E-state index contributed by atoms with van der Waals surface area (Å²) >= 11 is 5.92. The van der Waals surface area contributed by atoms with Crippen LogP contribution in [0.1, 0.15) is 10.5 Å². The Morgan fingerprint density at radius 2 is 1.86 bits per heavy atom. The summed E-state index contributed by atoms with van der Waals surface area (Å²) in [5, 5.41) is 3.13. The normalized spacial score (nSPS) is 10.2. The summed E-state index contributed by atoms with van der Waals surface area (Å²) in [6, 6.07) is 6.08. The number of halogens is 1. The summed E-state index contributed by atoms with van der Waals surface area (Å²) in [7, 11) is 4.53.